The highest BCUT2D eigenvalue weighted by atomic mass is 16.6. The molecule has 0 spiro atoms. The zero-order valence-electron chi connectivity index (χ0n) is 12.2. The maximum atomic E-state index is 12.1. The zero-order chi connectivity index (χ0) is 15.1. The van der Waals surface area contributed by atoms with E-state index >= 15 is 0 Å². The monoisotopic (exact) mass is 282 g/mol. The first-order valence-electron chi connectivity index (χ1n) is 6.71. The molecular weight excluding hydrogens is 264 g/mol. The third-order valence-electron chi connectivity index (χ3n) is 3.04. The predicted octanol–water partition coefficient (Wildman–Crippen LogP) is 2.78. The number of rotatable bonds is 5. The van der Waals surface area contributed by atoms with Gasteiger partial charge in [0.1, 0.15) is 12.8 Å². The van der Waals surface area contributed by atoms with Crippen LogP contribution in [0.2, 0.25) is 0 Å². The summed E-state index contributed by atoms with van der Waals surface area (Å²) in [5.74, 6) is -0.130. The summed E-state index contributed by atoms with van der Waals surface area (Å²) in [5.41, 5.74) is 3.35. The Hall–Kier alpha value is -2.62. The van der Waals surface area contributed by atoms with Crippen molar-refractivity contribution in [2.24, 2.45) is 5.16 Å². The molecule has 1 amide bonds. The lowest BCUT2D eigenvalue weighted by Crippen LogP contribution is -2.30. The molecule has 2 aromatic rings. The van der Waals surface area contributed by atoms with Gasteiger partial charge in [-0.2, -0.15) is 0 Å². The van der Waals surface area contributed by atoms with Crippen molar-refractivity contribution in [2.45, 2.75) is 6.92 Å². The van der Waals surface area contributed by atoms with E-state index in [1.807, 2.05) is 49.4 Å². The maximum Gasteiger partial charge on any atom is 0.251 e. The number of carbonyl (C=O) groups is 1. The first-order chi connectivity index (χ1) is 10.2. The van der Waals surface area contributed by atoms with Crippen molar-refractivity contribution in [3.05, 3.63) is 71.3 Å². The Balaban J connectivity index is 2.04. The van der Waals surface area contributed by atoms with Gasteiger partial charge >= 0.3 is 0 Å². The standard InChI is InChI=1S/C17H18N2O2/c1-13-8-10-15(11-9-13)17(20)18-12-16(19-21-2)14-6-4-3-5-7-14/h3-11H,12H2,1-2H3,(H,18,20)/b19-16-. The first-order valence-corrected chi connectivity index (χ1v) is 6.71. The second kappa shape index (κ2) is 7.24. The van der Waals surface area contributed by atoms with E-state index in [-0.39, 0.29) is 5.91 Å². The molecule has 0 aliphatic rings. The molecule has 0 aromatic heterocycles. The number of nitrogens with zero attached hydrogens (tertiary/aromatic N) is 1. The molecule has 0 aliphatic carbocycles. The Morgan fingerprint density at radius 2 is 1.71 bits per heavy atom. The van der Waals surface area contributed by atoms with Gasteiger partial charge in [-0.3, -0.25) is 4.79 Å². The van der Waals surface area contributed by atoms with Gasteiger partial charge in [0.25, 0.3) is 5.91 Å². The normalized spacial score (nSPS) is 11.0. The summed E-state index contributed by atoms with van der Waals surface area (Å²) in [5, 5.41) is 6.83. The second-order valence-electron chi connectivity index (χ2n) is 4.64. The van der Waals surface area contributed by atoms with Crippen molar-refractivity contribution in [3.63, 3.8) is 0 Å². The number of carbonyl (C=O) groups excluding carboxylic acids is 1. The Kier molecular flexibility index (Phi) is 5.10. The summed E-state index contributed by atoms with van der Waals surface area (Å²) in [6, 6.07) is 17.1. The highest BCUT2D eigenvalue weighted by Gasteiger charge is 2.08. The minimum atomic E-state index is -0.130. The van der Waals surface area contributed by atoms with Crippen LogP contribution in [0.15, 0.2) is 59.8 Å². The minimum absolute atomic E-state index is 0.130. The molecule has 0 saturated carbocycles. The maximum absolute atomic E-state index is 12.1. The molecule has 0 bridgehead atoms. The van der Waals surface area contributed by atoms with Gasteiger partial charge in [-0.05, 0) is 19.1 Å². The van der Waals surface area contributed by atoms with Gasteiger partial charge in [0.15, 0.2) is 0 Å². The number of benzene rings is 2. The van der Waals surface area contributed by atoms with E-state index in [0.29, 0.717) is 17.8 Å². The van der Waals surface area contributed by atoms with E-state index in [1.165, 1.54) is 7.11 Å². The van der Waals surface area contributed by atoms with Crippen LogP contribution in [0.1, 0.15) is 21.5 Å². The van der Waals surface area contributed by atoms with Crippen LogP contribution in [0.3, 0.4) is 0 Å². The number of nitrogens with one attached hydrogen (secondary N) is 1. The molecule has 1 N–H and O–H groups in total. The first kappa shape index (κ1) is 14.8. The highest BCUT2D eigenvalue weighted by Crippen LogP contribution is 2.04. The summed E-state index contributed by atoms with van der Waals surface area (Å²) in [4.78, 5) is 16.9. The molecule has 4 heteroatoms. The van der Waals surface area contributed by atoms with Crippen molar-refractivity contribution >= 4 is 11.6 Å². The van der Waals surface area contributed by atoms with Crippen LogP contribution in [-0.2, 0) is 4.84 Å². The van der Waals surface area contributed by atoms with E-state index in [9.17, 15) is 4.79 Å². The summed E-state index contributed by atoms with van der Waals surface area (Å²) in [6.07, 6.45) is 0. The third kappa shape index (κ3) is 4.18. The van der Waals surface area contributed by atoms with Crippen molar-refractivity contribution in [1.29, 1.82) is 0 Å². The van der Waals surface area contributed by atoms with Crippen molar-refractivity contribution in [2.75, 3.05) is 13.7 Å². The molecule has 0 heterocycles. The van der Waals surface area contributed by atoms with Gasteiger partial charge in [-0.1, -0.05) is 53.2 Å². The van der Waals surface area contributed by atoms with Crippen molar-refractivity contribution < 1.29 is 9.63 Å². The Bertz CT molecular complexity index is 619. The van der Waals surface area contributed by atoms with Gasteiger partial charge in [-0.15, -0.1) is 0 Å². The van der Waals surface area contributed by atoms with E-state index in [1.54, 1.807) is 12.1 Å². The molecule has 0 radical (unpaired) electrons. The van der Waals surface area contributed by atoms with Gasteiger partial charge in [0.2, 0.25) is 0 Å². The number of hydrogen-bond acceptors (Lipinski definition) is 3. The van der Waals surface area contributed by atoms with Crippen LogP contribution in [0, 0.1) is 6.92 Å². The largest absolute Gasteiger partial charge is 0.399 e. The Morgan fingerprint density at radius 1 is 1.05 bits per heavy atom. The molecule has 0 fully saturated rings. The lowest BCUT2D eigenvalue weighted by Gasteiger charge is -2.08. The summed E-state index contributed by atoms with van der Waals surface area (Å²) >= 11 is 0. The zero-order valence-corrected chi connectivity index (χ0v) is 12.2. The fourth-order valence-corrected chi connectivity index (χ4v) is 1.90. The average molecular weight is 282 g/mol. The molecule has 0 saturated heterocycles. The number of oxime groups is 1. The minimum Gasteiger partial charge on any atom is -0.399 e. The van der Waals surface area contributed by atoms with E-state index in [4.69, 9.17) is 4.84 Å². The van der Waals surface area contributed by atoms with Crippen LogP contribution in [0.4, 0.5) is 0 Å². The lowest BCUT2D eigenvalue weighted by molar-refractivity contribution is 0.0959. The molecule has 2 rings (SSSR count). The Labute approximate surface area is 124 Å². The topological polar surface area (TPSA) is 50.7 Å². The number of amides is 1. The van der Waals surface area contributed by atoms with Crippen LogP contribution in [-0.4, -0.2) is 25.3 Å². The van der Waals surface area contributed by atoms with Crippen molar-refractivity contribution in [3.8, 4) is 0 Å². The molecule has 4 nitrogen and oxygen atoms in total. The van der Waals surface area contributed by atoms with Gasteiger partial charge < -0.3 is 10.2 Å². The van der Waals surface area contributed by atoms with Gasteiger partial charge in [0.05, 0.1) is 6.54 Å². The van der Waals surface area contributed by atoms with Crippen LogP contribution in [0.5, 0.6) is 0 Å². The molecule has 21 heavy (non-hydrogen) atoms. The van der Waals surface area contributed by atoms with E-state index < -0.39 is 0 Å². The van der Waals surface area contributed by atoms with Crippen LogP contribution < -0.4 is 5.32 Å². The third-order valence-corrected chi connectivity index (χ3v) is 3.04. The highest BCUT2D eigenvalue weighted by molar-refractivity contribution is 6.04. The Morgan fingerprint density at radius 3 is 2.33 bits per heavy atom. The van der Waals surface area contributed by atoms with Crippen LogP contribution in [0.25, 0.3) is 0 Å². The van der Waals surface area contributed by atoms with E-state index in [0.717, 1.165) is 11.1 Å². The summed E-state index contributed by atoms with van der Waals surface area (Å²) in [6.45, 7) is 2.30. The average Bonchev–Trinajstić information content (AvgIpc) is 2.52. The molecular formula is C17H18N2O2. The molecule has 108 valence electrons. The summed E-state index contributed by atoms with van der Waals surface area (Å²) < 4.78 is 0. The quantitative estimate of drug-likeness (QED) is 0.677. The smallest absolute Gasteiger partial charge is 0.251 e. The molecule has 0 aliphatic heterocycles. The lowest BCUT2D eigenvalue weighted by atomic mass is 10.1. The van der Waals surface area contributed by atoms with Gasteiger partial charge in [-0.25, -0.2) is 0 Å². The number of hydrogen-bond donors (Lipinski definition) is 1. The SMILES string of the molecule is CO/N=C(/CNC(=O)c1ccc(C)cc1)c1ccccc1. The van der Waals surface area contributed by atoms with E-state index in [2.05, 4.69) is 10.5 Å². The fraction of sp³-hybridized carbons (Fsp3) is 0.176. The van der Waals surface area contributed by atoms with Gasteiger partial charge in [0, 0.05) is 11.1 Å². The fourth-order valence-electron chi connectivity index (χ4n) is 1.90. The number of aryl methyl sites for hydroxylation is 1. The van der Waals surface area contributed by atoms with Crippen LogP contribution >= 0.6 is 0 Å². The second-order valence-corrected chi connectivity index (χ2v) is 4.64. The predicted molar refractivity (Wildman–Crippen MR) is 83.5 cm³/mol. The summed E-state index contributed by atoms with van der Waals surface area (Å²) in [7, 11) is 1.49. The molecule has 0 unspecified atom stereocenters. The molecule has 0 atom stereocenters. The van der Waals surface area contributed by atoms with Crippen molar-refractivity contribution in [1.82, 2.24) is 5.32 Å². The molecule has 2 aromatic carbocycles.